The van der Waals surface area contributed by atoms with Crippen molar-refractivity contribution in [2.45, 2.75) is 13.5 Å². The number of halogens is 1. The molecule has 1 aromatic carbocycles. The Kier molecular flexibility index (Phi) is 3.01. The molecule has 1 N–H and O–H groups in total. The van der Waals surface area contributed by atoms with Gasteiger partial charge in [-0.3, -0.25) is 0 Å². The van der Waals surface area contributed by atoms with Gasteiger partial charge in [0.05, 0.1) is 18.3 Å². The predicted molar refractivity (Wildman–Crippen MR) is 59.4 cm³/mol. The van der Waals surface area contributed by atoms with Crippen molar-refractivity contribution < 1.29 is 8.81 Å². The van der Waals surface area contributed by atoms with Crippen LogP contribution in [-0.4, -0.2) is 12.0 Å². The number of oxazole rings is 1. The molecule has 0 fully saturated rings. The molecule has 84 valence electrons. The minimum atomic E-state index is -0.255. The number of hydrogen-bond acceptors (Lipinski definition) is 3. The number of nitrogens with zero attached hydrogens (tertiary/aromatic N) is 1. The third-order valence-corrected chi connectivity index (χ3v) is 2.34. The SMILES string of the molecule is CNCc1ncc(-c2cccc(C)c2F)o1. The molecule has 0 aliphatic heterocycles. The largest absolute Gasteiger partial charge is 0.439 e. The lowest BCUT2D eigenvalue weighted by molar-refractivity contribution is 0.487. The van der Waals surface area contributed by atoms with Crippen LogP contribution in [0.4, 0.5) is 4.39 Å². The molecule has 0 aliphatic carbocycles. The summed E-state index contributed by atoms with van der Waals surface area (Å²) in [4.78, 5) is 4.06. The Morgan fingerprint density at radius 2 is 2.25 bits per heavy atom. The van der Waals surface area contributed by atoms with Gasteiger partial charge in [0.2, 0.25) is 5.89 Å². The van der Waals surface area contributed by atoms with Gasteiger partial charge in [0.25, 0.3) is 0 Å². The van der Waals surface area contributed by atoms with E-state index in [2.05, 4.69) is 10.3 Å². The lowest BCUT2D eigenvalue weighted by Crippen LogP contribution is -2.04. The molecule has 0 saturated heterocycles. The van der Waals surface area contributed by atoms with Crippen molar-refractivity contribution in [2.75, 3.05) is 7.05 Å². The molecule has 2 aromatic rings. The van der Waals surface area contributed by atoms with E-state index >= 15 is 0 Å². The molecule has 0 atom stereocenters. The van der Waals surface area contributed by atoms with E-state index in [9.17, 15) is 4.39 Å². The number of benzene rings is 1. The van der Waals surface area contributed by atoms with Gasteiger partial charge in [0.15, 0.2) is 5.76 Å². The minimum Gasteiger partial charge on any atom is -0.439 e. The van der Waals surface area contributed by atoms with Gasteiger partial charge in [-0.25, -0.2) is 9.37 Å². The fourth-order valence-corrected chi connectivity index (χ4v) is 1.51. The molecule has 4 heteroatoms. The molecule has 0 aliphatic rings. The summed E-state index contributed by atoms with van der Waals surface area (Å²) in [6.45, 7) is 2.26. The first kappa shape index (κ1) is 10.8. The Morgan fingerprint density at radius 1 is 1.44 bits per heavy atom. The maximum absolute atomic E-state index is 13.8. The Labute approximate surface area is 93.3 Å². The average molecular weight is 220 g/mol. The summed E-state index contributed by atoms with van der Waals surface area (Å²) in [5.41, 5.74) is 1.05. The van der Waals surface area contributed by atoms with E-state index in [-0.39, 0.29) is 5.82 Å². The van der Waals surface area contributed by atoms with E-state index in [1.54, 1.807) is 38.4 Å². The van der Waals surface area contributed by atoms with Crippen LogP contribution in [0.2, 0.25) is 0 Å². The number of nitrogens with one attached hydrogen (secondary N) is 1. The first-order chi connectivity index (χ1) is 7.72. The van der Waals surface area contributed by atoms with Crippen LogP contribution in [0.15, 0.2) is 28.8 Å². The molecule has 1 heterocycles. The van der Waals surface area contributed by atoms with Crippen molar-refractivity contribution in [3.05, 3.63) is 41.7 Å². The van der Waals surface area contributed by atoms with Crippen molar-refractivity contribution in [3.8, 4) is 11.3 Å². The minimum absolute atomic E-state index is 0.255. The topological polar surface area (TPSA) is 38.1 Å². The van der Waals surface area contributed by atoms with Gasteiger partial charge in [0.1, 0.15) is 5.82 Å². The molecule has 3 nitrogen and oxygen atoms in total. The zero-order chi connectivity index (χ0) is 11.5. The lowest BCUT2D eigenvalue weighted by atomic mass is 10.1. The van der Waals surface area contributed by atoms with Crippen LogP contribution in [-0.2, 0) is 6.54 Å². The third-order valence-electron chi connectivity index (χ3n) is 2.34. The fourth-order valence-electron chi connectivity index (χ4n) is 1.51. The quantitative estimate of drug-likeness (QED) is 0.863. The third kappa shape index (κ3) is 1.97. The Bertz CT molecular complexity index is 494. The Hall–Kier alpha value is -1.68. The monoisotopic (exact) mass is 220 g/mol. The van der Waals surface area contributed by atoms with Crippen LogP contribution in [0, 0.1) is 12.7 Å². The molecule has 0 amide bonds. The maximum Gasteiger partial charge on any atom is 0.208 e. The molecule has 1 aromatic heterocycles. The summed E-state index contributed by atoms with van der Waals surface area (Å²) in [5, 5.41) is 2.92. The van der Waals surface area contributed by atoms with Crippen molar-refractivity contribution in [1.82, 2.24) is 10.3 Å². The van der Waals surface area contributed by atoms with Crippen molar-refractivity contribution >= 4 is 0 Å². The van der Waals surface area contributed by atoms with Crippen molar-refractivity contribution in [3.63, 3.8) is 0 Å². The van der Waals surface area contributed by atoms with Crippen molar-refractivity contribution in [2.24, 2.45) is 0 Å². The summed E-state index contributed by atoms with van der Waals surface area (Å²) >= 11 is 0. The second kappa shape index (κ2) is 4.45. The van der Waals surface area contributed by atoms with E-state index in [0.29, 0.717) is 29.3 Å². The van der Waals surface area contributed by atoms with Gasteiger partial charge in [-0.1, -0.05) is 12.1 Å². The highest BCUT2D eigenvalue weighted by atomic mass is 19.1. The summed E-state index contributed by atoms with van der Waals surface area (Å²) in [6.07, 6.45) is 1.55. The van der Waals surface area contributed by atoms with E-state index < -0.39 is 0 Å². The van der Waals surface area contributed by atoms with Crippen molar-refractivity contribution in [1.29, 1.82) is 0 Å². The first-order valence-corrected chi connectivity index (χ1v) is 5.07. The van der Waals surface area contributed by atoms with E-state index in [1.807, 2.05) is 0 Å². The highest BCUT2D eigenvalue weighted by molar-refractivity contribution is 5.58. The Balaban J connectivity index is 2.39. The van der Waals surface area contributed by atoms with Gasteiger partial charge >= 0.3 is 0 Å². The average Bonchev–Trinajstić information content (AvgIpc) is 2.71. The highest BCUT2D eigenvalue weighted by Gasteiger charge is 2.11. The Morgan fingerprint density at radius 3 is 3.00 bits per heavy atom. The lowest BCUT2D eigenvalue weighted by Gasteiger charge is -2.01. The molecule has 16 heavy (non-hydrogen) atoms. The summed E-state index contributed by atoms with van der Waals surface area (Å²) in [7, 11) is 1.80. The van der Waals surface area contributed by atoms with Gasteiger partial charge in [0, 0.05) is 0 Å². The van der Waals surface area contributed by atoms with Crippen LogP contribution in [0.5, 0.6) is 0 Å². The van der Waals surface area contributed by atoms with Gasteiger partial charge in [-0.15, -0.1) is 0 Å². The van der Waals surface area contributed by atoms with Crippen LogP contribution in [0.1, 0.15) is 11.5 Å². The molecular formula is C12H13FN2O. The van der Waals surface area contributed by atoms with Gasteiger partial charge < -0.3 is 9.73 Å². The second-order valence-corrected chi connectivity index (χ2v) is 3.59. The highest BCUT2D eigenvalue weighted by Crippen LogP contribution is 2.25. The molecule has 0 radical (unpaired) electrons. The van der Waals surface area contributed by atoms with Crippen LogP contribution in [0.3, 0.4) is 0 Å². The summed E-state index contributed by atoms with van der Waals surface area (Å²) in [6, 6.07) is 5.21. The number of rotatable bonds is 3. The smallest absolute Gasteiger partial charge is 0.208 e. The van der Waals surface area contributed by atoms with Crippen LogP contribution >= 0.6 is 0 Å². The molecule has 0 bridgehead atoms. The summed E-state index contributed by atoms with van der Waals surface area (Å²) < 4.78 is 19.2. The number of aryl methyl sites for hydroxylation is 1. The van der Waals surface area contributed by atoms with Crippen LogP contribution in [0.25, 0.3) is 11.3 Å². The maximum atomic E-state index is 13.8. The normalized spacial score (nSPS) is 10.7. The fraction of sp³-hybridized carbons (Fsp3) is 0.250. The second-order valence-electron chi connectivity index (χ2n) is 3.59. The van der Waals surface area contributed by atoms with E-state index in [1.165, 1.54) is 0 Å². The molecule has 0 saturated carbocycles. The zero-order valence-corrected chi connectivity index (χ0v) is 9.25. The van der Waals surface area contributed by atoms with Gasteiger partial charge in [-0.2, -0.15) is 0 Å². The predicted octanol–water partition coefficient (Wildman–Crippen LogP) is 2.51. The first-order valence-electron chi connectivity index (χ1n) is 5.07. The summed E-state index contributed by atoms with van der Waals surface area (Å²) in [5.74, 6) is 0.763. The molecule has 0 spiro atoms. The molecule has 2 rings (SSSR count). The number of aromatic nitrogens is 1. The standard InChI is InChI=1S/C12H13FN2O/c1-8-4-3-5-9(12(8)13)10-6-15-11(16-10)7-14-2/h3-6,14H,7H2,1-2H3. The van der Waals surface area contributed by atoms with Crippen LogP contribution < -0.4 is 5.32 Å². The molecule has 0 unspecified atom stereocenters. The van der Waals surface area contributed by atoms with E-state index in [4.69, 9.17) is 4.42 Å². The number of hydrogen-bond donors (Lipinski definition) is 1. The van der Waals surface area contributed by atoms with E-state index in [0.717, 1.165) is 0 Å². The molecular weight excluding hydrogens is 207 g/mol. The zero-order valence-electron chi connectivity index (χ0n) is 9.25. The van der Waals surface area contributed by atoms with Gasteiger partial charge in [-0.05, 0) is 25.6 Å².